The molecule has 0 fully saturated rings. The molecule has 20 heavy (non-hydrogen) atoms. The lowest BCUT2D eigenvalue weighted by Crippen LogP contribution is -2.00. The first-order valence-electron chi connectivity index (χ1n) is 6.73. The van der Waals surface area contributed by atoms with Crippen LogP contribution in [0.5, 0.6) is 5.75 Å². The second-order valence-corrected chi connectivity index (χ2v) is 4.67. The SMILES string of the molecule is COCCc1ccc(-c2ccc(OC)cc2CN)cc1. The van der Waals surface area contributed by atoms with E-state index in [4.69, 9.17) is 15.2 Å². The predicted molar refractivity (Wildman–Crippen MR) is 81.9 cm³/mol. The molecule has 0 saturated carbocycles. The third-order valence-electron chi connectivity index (χ3n) is 3.39. The third-order valence-corrected chi connectivity index (χ3v) is 3.39. The fraction of sp³-hybridized carbons (Fsp3) is 0.294. The molecule has 0 amide bonds. The Morgan fingerprint density at radius 1 is 1.00 bits per heavy atom. The van der Waals surface area contributed by atoms with Crippen molar-refractivity contribution in [3.63, 3.8) is 0 Å². The third kappa shape index (κ3) is 3.38. The standard InChI is InChI=1S/C17H21NO2/c1-19-10-9-13-3-5-14(6-4-13)17-8-7-16(20-2)11-15(17)12-18/h3-8,11H,9-10,12,18H2,1-2H3. The zero-order chi connectivity index (χ0) is 14.4. The molecule has 0 saturated heterocycles. The van der Waals surface area contributed by atoms with Crippen LogP contribution < -0.4 is 10.5 Å². The van der Waals surface area contributed by atoms with Gasteiger partial charge >= 0.3 is 0 Å². The average Bonchev–Trinajstić information content (AvgIpc) is 2.52. The summed E-state index contributed by atoms with van der Waals surface area (Å²) in [6.45, 7) is 1.24. The van der Waals surface area contributed by atoms with Crippen LogP contribution in [-0.2, 0) is 17.7 Å². The molecule has 2 N–H and O–H groups in total. The Labute approximate surface area is 120 Å². The van der Waals surface area contributed by atoms with E-state index in [1.807, 2.05) is 12.1 Å². The normalized spacial score (nSPS) is 10.6. The van der Waals surface area contributed by atoms with E-state index < -0.39 is 0 Å². The maximum absolute atomic E-state index is 5.84. The highest BCUT2D eigenvalue weighted by Crippen LogP contribution is 2.27. The molecular weight excluding hydrogens is 250 g/mol. The molecule has 0 spiro atoms. The van der Waals surface area contributed by atoms with Crippen molar-refractivity contribution in [2.45, 2.75) is 13.0 Å². The van der Waals surface area contributed by atoms with Crippen molar-refractivity contribution in [1.82, 2.24) is 0 Å². The van der Waals surface area contributed by atoms with E-state index >= 15 is 0 Å². The molecule has 0 aliphatic carbocycles. The van der Waals surface area contributed by atoms with E-state index in [-0.39, 0.29) is 0 Å². The summed E-state index contributed by atoms with van der Waals surface area (Å²) in [5.74, 6) is 0.839. The average molecular weight is 271 g/mol. The highest BCUT2D eigenvalue weighted by atomic mass is 16.5. The molecule has 2 aromatic carbocycles. The second kappa shape index (κ2) is 7.08. The summed E-state index contributed by atoms with van der Waals surface area (Å²) < 4.78 is 10.3. The monoisotopic (exact) mass is 271 g/mol. The number of benzene rings is 2. The predicted octanol–water partition coefficient (Wildman–Crippen LogP) is 3.01. The molecule has 106 valence electrons. The topological polar surface area (TPSA) is 44.5 Å². The molecular formula is C17H21NO2. The molecule has 3 nitrogen and oxygen atoms in total. The van der Waals surface area contributed by atoms with Gasteiger partial charge in [0.25, 0.3) is 0 Å². The Morgan fingerprint density at radius 2 is 1.75 bits per heavy atom. The number of ether oxygens (including phenoxy) is 2. The number of nitrogens with two attached hydrogens (primary N) is 1. The van der Waals surface area contributed by atoms with Crippen molar-refractivity contribution in [2.24, 2.45) is 5.73 Å². The van der Waals surface area contributed by atoms with Gasteiger partial charge in [-0.1, -0.05) is 30.3 Å². The first-order valence-corrected chi connectivity index (χ1v) is 6.73. The van der Waals surface area contributed by atoms with Crippen LogP contribution in [0.2, 0.25) is 0 Å². The van der Waals surface area contributed by atoms with Crippen LogP contribution in [0.25, 0.3) is 11.1 Å². The molecule has 0 unspecified atom stereocenters. The lowest BCUT2D eigenvalue weighted by Gasteiger charge is -2.11. The number of methoxy groups -OCH3 is 2. The van der Waals surface area contributed by atoms with Crippen molar-refractivity contribution in [2.75, 3.05) is 20.8 Å². The first kappa shape index (κ1) is 14.6. The zero-order valence-electron chi connectivity index (χ0n) is 12.1. The highest BCUT2D eigenvalue weighted by Gasteiger charge is 2.06. The summed E-state index contributed by atoms with van der Waals surface area (Å²) in [6.07, 6.45) is 0.934. The fourth-order valence-electron chi connectivity index (χ4n) is 2.22. The van der Waals surface area contributed by atoms with Crippen LogP contribution in [0.3, 0.4) is 0 Å². The summed E-state index contributed by atoms with van der Waals surface area (Å²) in [6, 6.07) is 14.6. The Balaban J connectivity index is 2.26. The fourth-order valence-corrected chi connectivity index (χ4v) is 2.22. The van der Waals surface area contributed by atoms with E-state index in [1.54, 1.807) is 14.2 Å². The van der Waals surface area contributed by atoms with Gasteiger partial charge in [0.05, 0.1) is 13.7 Å². The van der Waals surface area contributed by atoms with Crippen LogP contribution in [0.1, 0.15) is 11.1 Å². The Morgan fingerprint density at radius 3 is 2.35 bits per heavy atom. The van der Waals surface area contributed by atoms with E-state index in [2.05, 4.69) is 30.3 Å². The Bertz CT molecular complexity index is 549. The lowest BCUT2D eigenvalue weighted by molar-refractivity contribution is 0.202. The van der Waals surface area contributed by atoms with Gasteiger partial charge in [0.15, 0.2) is 0 Å². The van der Waals surface area contributed by atoms with Gasteiger partial charge in [-0.15, -0.1) is 0 Å². The Hall–Kier alpha value is -1.84. The van der Waals surface area contributed by atoms with Crippen LogP contribution in [0.15, 0.2) is 42.5 Å². The number of hydrogen-bond donors (Lipinski definition) is 1. The van der Waals surface area contributed by atoms with Crippen LogP contribution in [0.4, 0.5) is 0 Å². The van der Waals surface area contributed by atoms with Gasteiger partial charge in [0.1, 0.15) is 5.75 Å². The summed E-state index contributed by atoms with van der Waals surface area (Å²) in [5, 5.41) is 0. The van der Waals surface area contributed by atoms with Crippen molar-refractivity contribution in [1.29, 1.82) is 0 Å². The maximum Gasteiger partial charge on any atom is 0.119 e. The molecule has 0 aliphatic rings. The quantitative estimate of drug-likeness (QED) is 0.878. The minimum absolute atomic E-state index is 0.498. The minimum Gasteiger partial charge on any atom is -0.497 e. The Kier molecular flexibility index (Phi) is 5.16. The molecule has 2 aromatic rings. The molecule has 3 heteroatoms. The molecule has 0 aliphatic heterocycles. The second-order valence-electron chi connectivity index (χ2n) is 4.67. The van der Waals surface area contributed by atoms with E-state index in [1.165, 1.54) is 11.1 Å². The van der Waals surface area contributed by atoms with Crippen molar-refractivity contribution in [3.8, 4) is 16.9 Å². The van der Waals surface area contributed by atoms with Gasteiger partial charge in [-0.2, -0.15) is 0 Å². The van der Waals surface area contributed by atoms with E-state index in [9.17, 15) is 0 Å². The van der Waals surface area contributed by atoms with Crippen LogP contribution in [-0.4, -0.2) is 20.8 Å². The van der Waals surface area contributed by atoms with Crippen molar-refractivity contribution < 1.29 is 9.47 Å². The van der Waals surface area contributed by atoms with E-state index in [0.29, 0.717) is 6.54 Å². The van der Waals surface area contributed by atoms with Crippen molar-refractivity contribution in [3.05, 3.63) is 53.6 Å². The number of rotatable bonds is 6. The summed E-state index contributed by atoms with van der Waals surface area (Å²) in [7, 11) is 3.39. The van der Waals surface area contributed by atoms with Gasteiger partial charge in [0.2, 0.25) is 0 Å². The molecule has 0 aromatic heterocycles. The molecule has 2 rings (SSSR count). The summed E-state index contributed by atoms with van der Waals surface area (Å²) in [5.41, 5.74) is 10.5. The smallest absolute Gasteiger partial charge is 0.119 e. The largest absolute Gasteiger partial charge is 0.497 e. The van der Waals surface area contributed by atoms with Crippen LogP contribution >= 0.6 is 0 Å². The van der Waals surface area contributed by atoms with Crippen LogP contribution in [0, 0.1) is 0 Å². The molecule has 0 atom stereocenters. The molecule has 0 radical (unpaired) electrons. The minimum atomic E-state index is 0.498. The molecule has 0 bridgehead atoms. The van der Waals surface area contributed by atoms with Gasteiger partial charge in [-0.05, 0) is 40.8 Å². The van der Waals surface area contributed by atoms with Gasteiger partial charge in [-0.25, -0.2) is 0 Å². The van der Waals surface area contributed by atoms with Gasteiger partial charge in [-0.3, -0.25) is 0 Å². The van der Waals surface area contributed by atoms with Gasteiger partial charge in [0, 0.05) is 13.7 Å². The highest BCUT2D eigenvalue weighted by molar-refractivity contribution is 5.68. The maximum atomic E-state index is 5.84. The zero-order valence-corrected chi connectivity index (χ0v) is 12.1. The lowest BCUT2D eigenvalue weighted by atomic mass is 9.98. The van der Waals surface area contributed by atoms with E-state index in [0.717, 1.165) is 29.9 Å². The molecule has 0 heterocycles. The summed E-state index contributed by atoms with van der Waals surface area (Å²) in [4.78, 5) is 0. The summed E-state index contributed by atoms with van der Waals surface area (Å²) >= 11 is 0. The van der Waals surface area contributed by atoms with Gasteiger partial charge < -0.3 is 15.2 Å². The first-order chi connectivity index (χ1) is 9.78. The van der Waals surface area contributed by atoms with Crippen molar-refractivity contribution >= 4 is 0 Å². The number of hydrogen-bond acceptors (Lipinski definition) is 3.